The van der Waals surface area contributed by atoms with Gasteiger partial charge in [0.15, 0.2) is 0 Å². The predicted octanol–water partition coefficient (Wildman–Crippen LogP) is 2.73. The van der Waals surface area contributed by atoms with E-state index in [0.717, 1.165) is 40.5 Å². The zero-order valence-electron chi connectivity index (χ0n) is 22.0. The van der Waals surface area contributed by atoms with Gasteiger partial charge in [0.25, 0.3) is 0 Å². The highest BCUT2D eigenvalue weighted by atomic mass is 32.2. The fourth-order valence-corrected chi connectivity index (χ4v) is 5.06. The van der Waals surface area contributed by atoms with Gasteiger partial charge in [-0.2, -0.15) is 17.5 Å². The van der Waals surface area contributed by atoms with Crippen LogP contribution in [0.1, 0.15) is 43.4 Å². The molecule has 0 atom stereocenters. The number of sulfonamides is 1. The van der Waals surface area contributed by atoms with Crippen molar-refractivity contribution in [1.82, 2.24) is 19.8 Å². The van der Waals surface area contributed by atoms with Crippen LogP contribution >= 0.6 is 0 Å². The van der Waals surface area contributed by atoms with Gasteiger partial charge < -0.3 is 15.5 Å². The van der Waals surface area contributed by atoms with Gasteiger partial charge in [0.1, 0.15) is 0 Å². The SMILES string of the molecule is CC(=O)NCC(=O)N1CCN(S(=O)(=O)c2ccc(C(F)(F)F)cc2)CC1.CC(C)c1ccc(CNC=O)cc1. The van der Waals surface area contributed by atoms with Crippen molar-refractivity contribution in [1.29, 1.82) is 0 Å². The molecule has 1 fully saturated rings. The highest BCUT2D eigenvalue weighted by molar-refractivity contribution is 7.89. The first-order valence-electron chi connectivity index (χ1n) is 12.2. The summed E-state index contributed by atoms with van der Waals surface area (Å²) in [6, 6.07) is 11.6. The Hall–Kier alpha value is -3.45. The highest BCUT2D eigenvalue weighted by Crippen LogP contribution is 2.30. The monoisotopic (exact) mass is 570 g/mol. The van der Waals surface area contributed by atoms with E-state index in [9.17, 15) is 36.0 Å². The molecule has 1 heterocycles. The van der Waals surface area contributed by atoms with Crippen LogP contribution in [-0.2, 0) is 37.1 Å². The normalized spacial score (nSPS) is 14.3. The van der Waals surface area contributed by atoms with Gasteiger partial charge in [0.05, 0.1) is 17.0 Å². The van der Waals surface area contributed by atoms with Crippen LogP contribution in [0.2, 0.25) is 0 Å². The molecule has 0 unspecified atom stereocenters. The van der Waals surface area contributed by atoms with Gasteiger partial charge in [-0.1, -0.05) is 38.1 Å². The number of alkyl halides is 3. The molecule has 1 aliphatic rings. The maximum absolute atomic E-state index is 12.6. The fraction of sp³-hybridized carbons (Fsp3) is 0.423. The third-order valence-electron chi connectivity index (χ3n) is 5.94. The largest absolute Gasteiger partial charge is 0.416 e. The summed E-state index contributed by atoms with van der Waals surface area (Å²) in [5.74, 6) is -0.110. The zero-order chi connectivity index (χ0) is 29.2. The summed E-state index contributed by atoms with van der Waals surface area (Å²) < 4.78 is 63.9. The van der Waals surface area contributed by atoms with Crippen LogP contribution in [0.25, 0.3) is 0 Å². The Morgan fingerprint density at radius 3 is 2.00 bits per heavy atom. The lowest BCUT2D eigenvalue weighted by Crippen LogP contribution is -2.52. The number of carbonyl (C=O) groups excluding carboxylic acids is 3. The van der Waals surface area contributed by atoms with Crippen molar-refractivity contribution in [3.05, 3.63) is 65.2 Å². The Morgan fingerprint density at radius 2 is 1.54 bits per heavy atom. The zero-order valence-corrected chi connectivity index (χ0v) is 22.8. The molecule has 214 valence electrons. The predicted molar refractivity (Wildman–Crippen MR) is 139 cm³/mol. The molecule has 0 saturated carbocycles. The highest BCUT2D eigenvalue weighted by Gasteiger charge is 2.33. The minimum Gasteiger partial charge on any atom is -0.355 e. The Bertz CT molecular complexity index is 1210. The average Bonchev–Trinajstić information content (AvgIpc) is 2.90. The van der Waals surface area contributed by atoms with E-state index < -0.39 is 21.8 Å². The van der Waals surface area contributed by atoms with Crippen molar-refractivity contribution in [2.75, 3.05) is 32.7 Å². The third-order valence-corrected chi connectivity index (χ3v) is 7.85. The van der Waals surface area contributed by atoms with Crippen molar-refractivity contribution >= 4 is 28.2 Å². The molecule has 39 heavy (non-hydrogen) atoms. The number of hydrogen-bond donors (Lipinski definition) is 2. The van der Waals surface area contributed by atoms with E-state index in [-0.39, 0.29) is 49.4 Å². The second-order valence-electron chi connectivity index (χ2n) is 9.11. The minimum absolute atomic E-state index is 0.0230. The number of amides is 3. The summed E-state index contributed by atoms with van der Waals surface area (Å²) in [6.45, 7) is 6.38. The number of nitrogens with one attached hydrogen (secondary N) is 2. The molecule has 0 spiro atoms. The smallest absolute Gasteiger partial charge is 0.355 e. The average molecular weight is 571 g/mol. The van der Waals surface area contributed by atoms with Crippen LogP contribution in [0, 0.1) is 0 Å². The number of carbonyl (C=O) groups is 3. The molecule has 9 nitrogen and oxygen atoms in total. The summed E-state index contributed by atoms with van der Waals surface area (Å²) in [5, 5.41) is 5.01. The van der Waals surface area contributed by atoms with E-state index >= 15 is 0 Å². The molecule has 2 aromatic carbocycles. The lowest BCUT2D eigenvalue weighted by Gasteiger charge is -2.34. The van der Waals surface area contributed by atoms with Crippen LogP contribution in [0.5, 0.6) is 0 Å². The molecule has 0 aromatic heterocycles. The second-order valence-corrected chi connectivity index (χ2v) is 11.0. The quantitative estimate of drug-likeness (QED) is 0.474. The Kier molecular flexibility index (Phi) is 11.5. The molecule has 3 amide bonds. The molecule has 2 N–H and O–H groups in total. The summed E-state index contributed by atoms with van der Waals surface area (Å²) in [7, 11) is -3.94. The summed E-state index contributed by atoms with van der Waals surface area (Å²) in [5.41, 5.74) is 1.54. The number of hydrogen-bond acceptors (Lipinski definition) is 5. The van der Waals surface area contributed by atoms with Crippen molar-refractivity contribution in [3.8, 4) is 0 Å². The van der Waals surface area contributed by atoms with E-state index in [1.807, 2.05) is 12.1 Å². The first kappa shape index (κ1) is 31.8. The number of nitrogens with zero attached hydrogens (tertiary/aromatic N) is 2. The third kappa shape index (κ3) is 9.66. The standard InChI is InChI=1S/C15H18F3N3O4S.C11H15NO/c1-11(22)19-10-14(23)20-6-8-21(9-7-20)26(24,25)13-4-2-12(3-5-13)15(16,17)18;1-9(2)11-5-3-10(4-6-11)7-12-8-13/h2-5H,6-10H2,1H3,(H,19,22);3-6,8-9H,7H2,1-2H3,(H,12,13). The Labute approximate surface area is 226 Å². The van der Waals surface area contributed by atoms with Crippen LogP contribution < -0.4 is 10.6 Å². The van der Waals surface area contributed by atoms with Gasteiger partial charge >= 0.3 is 6.18 Å². The molecule has 1 aliphatic heterocycles. The topological polar surface area (TPSA) is 116 Å². The van der Waals surface area contributed by atoms with Crippen molar-refractivity contribution in [2.45, 2.75) is 44.3 Å². The van der Waals surface area contributed by atoms with E-state index in [4.69, 9.17) is 0 Å². The van der Waals surface area contributed by atoms with Gasteiger partial charge in [0, 0.05) is 39.6 Å². The molecular weight excluding hydrogens is 537 g/mol. The first-order valence-corrected chi connectivity index (χ1v) is 13.6. The maximum Gasteiger partial charge on any atom is 0.416 e. The summed E-state index contributed by atoms with van der Waals surface area (Å²) in [4.78, 5) is 33.9. The number of benzene rings is 2. The molecule has 3 rings (SSSR count). The van der Waals surface area contributed by atoms with Gasteiger partial charge in [-0.05, 0) is 41.3 Å². The van der Waals surface area contributed by atoms with Crippen LogP contribution in [0.4, 0.5) is 13.2 Å². The number of rotatable bonds is 8. The van der Waals surface area contributed by atoms with E-state index in [2.05, 4.69) is 36.6 Å². The maximum atomic E-state index is 12.6. The number of piperazine rings is 1. The van der Waals surface area contributed by atoms with E-state index in [1.165, 1.54) is 17.4 Å². The van der Waals surface area contributed by atoms with E-state index in [0.29, 0.717) is 12.5 Å². The van der Waals surface area contributed by atoms with Gasteiger partial charge in [-0.15, -0.1) is 0 Å². The first-order chi connectivity index (χ1) is 18.3. The van der Waals surface area contributed by atoms with Gasteiger partial charge in [-0.25, -0.2) is 8.42 Å². The number of halogens is 3. The van der Waals surface area contributed by atoms with Gasteiger partial charge in [-0.3, -0.25) is 14.4 Å². The van der Waals surface area contributed by atoms with Crippen molar-refractivity contribution in [3.63, 3.8) is 0 Å². The molecule has 0 aliphatic carbocycles. The summed E-state index contributed by atoms with van der Waals surface area (Å²) >= 11 is 0. The second kappa shape index (κ2) is 14.1. The molecular formula is C26H33F3N4O5S. The van der Waals surface area contributed by atoms with Crippen LogP contribution in [0.3, 0.4) is 0 Å². The van der Waals surface area contributed by atoms with Crippen molar-refractivity contribution in [2.24, 2.45) is 0 Å². The lowest BCUT2D eigenvalue weighted by molar-refractivity contribution is -0.137. The molecule has 1 saturated heterocycles. The van der Waals surface area contributed by atoms with Gasteiger partial charge in [0.2, 0.25) is 28.2 Å². The molecule has 2 aromatic rings. The lowest BCUT2D eigenvalue weighted by atomic mass is 10.0. The summed E-state index contributed by atoms with van der Waals surface area (Å²) in [6.07, 6.45) is -3.82. The fourth-order valence-electron chi connectivity index (χ4n) is 3.63. The molecule has 0 radical (unpaired) electrons. The van der Waals surface area contributed by atoms with Crippen molar-refractivity contribution < 1.29 is 36.0 Å². The molecule has 0 bridgehead atoms. The van der Waals surface area contributed by atoms with Crippen LogP contribution in [-0.4, -0.2) is 68.6 Å². The molecule has 13 heteroatoms. The minimum atomic E-state index is -4.54. The van der Waals surface area contributed by atoms with Crippen LogP contribution in [0.15, 0.2) is 53.4 Å². The van der Waals surface area contributed by atoms with E-state index in [1.54, 1.807) is 0 Å². The Balaban J connectivity index is 0.000000344. The Morgan fingerprint density at radius 1 is 0.974 bits per heavy atom.